The summed E-state index contributed by atoms with van der Waals surface area (Å²) in [6.07, 6.45) is 4.89. The highest BCUT2D eigenvalue weighted by atomic mass is 32.1. The summed E-state index contributed by atoms with van der Waals surface area (Å²) in [4.78, 5) is 16.6. The molecular formula is C25H35N9S. The Labute approximate surface area is 213 Å². The Kier molecular flexibility index (Phi) is 8.92. The van der Waals surface area contributed by atoms with E-state index < -0.39 is 0 Å². The minimum absolute atomic E-state index is 0.575. The van der Waals surface area contributed by atoms with Gasteiger partial charge in [0.25, 0.3) is 0 Å². The fourth-order valence-corrected chi connectivity index (χ4v) is 4.55. The van der Waals surface area contributed by atoms with Gasteiger partial charge >= 0.3 is 0 Å². The molecule has 3 heterocycles. The molecule has 1 aromatic carbocycles. The third kappa shape index (κ3) is 7.41. The van der Waals surface area contributed by atoms with E-state index in [0.717, 1.165) is 75.6 Å². The first kappa shape index (κ1) is 24.9. The van der Waals surface area contributed by atoms with E-state index in [0.29, 0.717) is 10.7 Å². The Hall–Kier alpha value is -3.16. The van der Waals surface area contributed by atoms with E-state index in [2.05, 4.69) is 49.8 Å². The molecule has 2 saturated heterocycles. The molecule has 35 heavy (non-hydrogen) atoms. The lowest BCUT2D eigenvalue weighted by molar-refractivity contribution is 0.352. The van der Waals surface area contributed by atoms with Gasteiger partial charge in [-0.05, 0) is 69.2 Å². The summed E-state index contributed by atoms with van der Waals surface area (Å²) in [6, 6.07) is 11.4. The van der Waals surface area contributed by atoms with Crippen LogP contribution in [0.3, 0.4) is 0 Å². The van der Waals surface area contributed by atoms with Gasteiger partial charge < -0.3 is 30.7 Å². The van der Waals surface area contributed by atoms with Gasteiger partial charge in [0.1, 0.15) is 11.6 Å². The molecule has 10 heteroatoms. The number of nitriles is 1. The van der Waals surface area contributed by atoms with E-state index in [1.165, 1.54) is 25.7 Å². The second-order valence-corrected chi connectivity index (χ2v) is 9.51. The molecule has 0 amide bonds. The first-order valence-corrected chi connectivity index (χ1v) is 12.9. The van der Waals surface area contributed by atoms with Crippen molar-refractivity contribution in [3.8, 4) is 6.07 Å². The van der Waals surface area contributed by atoms with Gasteiger partial charge in [-0.25, -0.2) is 0 Å². The van der Waals surface area contributed by atoms with E-state index in [9.17, 15) is 0 Å². The van der Waals surface area contributed by atoms with Gasteiger partial charge in [-0.3, -0.25) is 0 Å². The molecule has 0 atom stereocenters. The van der Waals surface area contributed by atoms with E-state index in [-0.39, 0.29) is 0 Å². The number of aromatic nitrogens is 2. The topological polar surface area (TPSA) is 95.4 Å². The predicted molar refractivity (Wildman–Crippen MR) is 146 cm³/mol. The van der Waals surface area contributed by atoms with Crippen LogP contribution in [0.5, 0.6) is 0 Å². The van der Waals surface area contributed by atoms with Crippen LogP contribution in [0.4, 0.5) is 23.3 Å². The SMILES string of the molecule is CN(CCNC(=S)Nc1ccc(C#N)cc1)CCNc1cc(N2CCCC2)nc(N2CCCC2)n1. The number of hydrogen-bond acceptors (Lipinski definition) is 8. The molecule has 3 N–H and O–H groups in total. The van der Waals surface area contributed by atoms with Crippen molar-refractivity contribution in [2.45, 2.75) is 25.7 Å². The van der Waals surface area contributed by atoms with Gasteiger partial charge in [0.05, 0.1) is 11.6 Å². The van der Waals surface area contributed by atoms with Gasteiger partial charge in [0, 0.05) is 64.1 Å². The summed E-state index contributed by atoms with van der Waals surface area (Å²) in [7, 11) is 2.10. The molecule has 4 rings (SSSR count). The molecule has 2 fully saturated rings. The monoisotopic (exact) mass is 493 g/mol. The maximum atomic E-state index is 8.89. The Bertz CT molecular complexity index is 974. The molecule has 0 saturated carbocycles. The number of thiocarbonyl (C=S) groups is 1. The zero-order chi connectivity index (χ0) is 24.5. The van der Waals surface area contributed by atoms with Crippen molar-refractivity contribution in [2.24, 2.45) is 0 Å². The molecule has 0 bridgehead atoms. The summed E-state index contributed by atoms with van der Waals surface area (Å²) in [5.41, 5.74) is 1.50. The van der Waals surface area contributed by atoms with E-state index in [1.807, 2.05) is 12.1 Å². The van der Waals surface area contributed by atoms with Crippen molar-refractivity contribution in [1.29, 1.82) is 5.26 Å². The number of hydrogen-bond donors (Lipinski definition) is 3. The van der Waals surface area contributed by atoms with Crippen molar-refractivity contribution in [1.82, 2.24) is 20.2 Å². The fraction of sp³-hybridized carbons (Fsp3) is 0.520. The number of nitrogens with zero attached hydrogens (tertiary/aromatic N) is 6. The lowest BCUT2D eigenvalue weighted by Gasteiger charge is -2.22. The summed E-state index contributed by atoms with van der Waals surface area (Å²) in [5, 5.41) is 19.4. The van der Waals surface area contributed by atoms with Gasteiger partial charge in [-0.2, -0.15) is 15.2 Å². The Balaban J connectivity index is 1.20. The predicted octanol–water partition coefficient (Wildman–Crippen LogP) is 2.88. The highest BCUT2D eigenvalue weighted by Gasteiger charge is 2.20. The van der Waals surface area contributed by atoms with Crippen LogP contribution in [0.25, 0.3) is 0 Å². The molecule has 0 spiro atoms. The third-order valence-corrected chi connectivity index (χ3v) is 6.62. The zero-order valence-electron chi connectivity index (χ0n) is 20.5. The van der Waals surface area contributed by atoms with Crippen LogP contribution >= 0.6 is 12.2 Å². The molecule has 2 aliphatic rings. The van der Waals surface area contributed by atoms with Gasteiger partial charge in [0.2, 0.25) is 5.95 Å². The van der Waals surface area contributed by atoms with E-state index in [4.69, 9.17) is 27.4 Å². The number of nitrogens with one attached hydrogen (secondary N) is 3. The van der Waals surface area contributed by atoms with Crippen LogP contribution in [0.1, 0.15) is 31.2 Å². The van der Waals surface area contributed by atoms with Crippen LogP contribution in [-0.4, -0.2) is 79.4 Å². The molecule has 9 nitrogen and oxygen atoms in total. The van der Waals surface area contributed by atoms with Crippen molar-refractivity contribution in [3.05, 3.63) is 35.9 Å². The molecule has 0 radical (unpaired) electrons. The van der Waals surface area contributed by atoms with Gasteiger partial charge in [0.15, 0.2) is 5.11 Å². The highest BCUT2D eigenvalue weighted by molar-refractivity contribution is 7.80. The van der Waals surface area contributed by atoms with Crippen LogP contribution in [0, 0.1) is 11.3 Å². The minimum atomic E-state index is 0.575. The maximum absolute atomic E-state index is 8.89. The largest absolute Gasteiger partial charge is 0.369 e. The zero-order valence-corrected chi connectivity index (χ0v) is 21.3. The van der Waals surface area contributed by atoms with Crippen LogP contribution in [0.15, 0.2) is 30.3 Å². The Morgan fingerprint density at radius 2 is 1.66 bits per heavy atom. The molecular weight excluding hydrogens is 458 g/mol. The Morgan fingerprint density at radius 3 is 2.34 bits per heavy atom. The summed E-state index contributed by atoms with van der Waals surface area (Å²) >= 11 is 5.38. The summed E-state index contributed by atoms with van der Waals surface area (Å²) < 4.78 is 0. The fourth-order valence-electron chi connectivity index (χ4n) is 4.33. The minimum Gasteiger partial charge on any atom is -0.369 e. The maximum Gasteiger partial charge on any atom is 0.229 e. The van der Waals surface area contributed by atoms with Gasteiger partial charge in [-0.15, -0.1) is 0 Å². The molecule has 2 aromatic rings. The second-order valence-electron chi connectivity index (χ2n) is 9.10. The number of anilines is 4. The van der Waals surface area contributed by atoms with Crippen LogP contribution in [-0.2, 0) is 0 Å². The highest BCUT2D eigenvalue weighted by Crippen LogP contribution is 2.25. The van der Waals surface area contributed by atoms with Crippen molar-refractivity contribution in [2.75, 3.05) is 79.8 Å². The first-order chi connectivity index (χ1) is 17.1. The smallest absolute Gasteiger partial charge is 0.229 e. The lowest BCUT2D eigenvalue weighted by atomic mass is 10.2. The molecule has 1 aromatic heterocycles. The standard InChI is InChI=1S/C25H35N9S/c1-32(17-11-28-25(35)29-21-8-6-20(19-26)7-9-21)16-10-27-22-18-23(33-12-2-3-13-33)31-24(30-22)34-14-4-5-15-34/h6-9,18H,2-5,10-17H2,1H3,(H,27,30,31)(H2,28,29,35). The van der Waals surface area contributed by atoms with Gasteiger partial charge in [-0.1, -0.05) is 0 Å². The van der Waals surface area contributed by atoms with E-state index in [1.54, 1.807) is 12.1 Å². The van der Waals surface area contributed by atoms with Crippen LogP contribution < -0.4 is 25.8 Å². The average molecular weight is 494 g/mol. The van der Waals surface area contributed by atoms with Crippen molar-refractivity contribution >= 4 is 40.6 Å². The summed E-state index contributed by atoms with van der Waals surface area (Å²) in [5.74, 6) is 2.81. The average Bonchev–Trinajstić information content (AvgIpc) is 3.59. The first-order valence-electron chi connectivity index (χ1n) is 12.5. The molecule has 0 unspecified atom stereocenters. The number of likely N-dealkylation sites (N-methyl/N-ethyl adjacent to an activating group) is 1. The number of rotatable bonds is 10. The molecule has 0 aliphatic carbocycles. The normalized spacial score (nSPS) is 15.3. The number of benzene rings is 1. The lowest BCUT2D eigenvalue weighted by Crippen LogP contribution is -2.36. The van der Waals surface area contributed by atoms with Crippen LogP contribution in [0.2, 0.25) is 0 Å². The van der Waals surface area contributed by atoms with E-state index >= 15 is 0 Å². The van der Waals surface area contributed by atoms with Crippen molar-refractivity contribution in [3.63, 3.8) is 0 Å². The van der Waals surface area contributed by atoms with Crippen molar-refractivity contribution < 1.29 is 0 Å². The quantitative estimate of drug-likeness (QED) is 0.429. The summed E-state index contributed by atoms with van der Waals surface area (Å²) in [6.45, 7) is 7.53. The molecule has 186 valence electrons. The molecule has 2 aliphatic heterocycles. The third-order valence-electron chi connectivity index (χ3n) is 6.37. The Morgan fingerprint density at radius 1 is 1.00 bits per heavy atom. The second kappa shape index (κ2) is 12.5.